The molecule has 1 aromatic carbocycles. The molecular formula is C18H24N2O4. The molecule has 1 fully saturated rings. The molecule has 1 aliphatic rings. The number of carbonyl (C=O) groups is 3. The highest BCUT2D eigenvalue weighted by Crippen LogP contribution is 2.18. The summed E-state index contributed by atoms with van der Waals surface area (Å²) in [6.45, 7) is 2.04. The number of aryl methyl sites for hydroxylation is 1. The van der Waals surface area contributed by atoms with Crippen molar-refractivity contribution in [2.75, 3.05) is 6.54 Å². The van der Waals surface area contributed by atoms with Crippen molar-refractivity contribution in [2.45, 2.75) is 51.1 Å². The minimum absolute atomic E-state index is 0.183. The molecule has 0 aliphatic carbocycles. The van der Waals surface area contributed by atoms with Gasteiger partial charge in [0.2, 0.25) is 11.8 Å². The number of rotatable bonds is 7. The molecule has 2 atom stereocenters. The summed E-state index contributed by atoms with van der Waals surface area (Å²) < 4.78 is 0. The molecule has 1 aromatic rings. The van der Waals surface area contributed by atoms with Crippen LogP contribution < -0.4 is 5.32 Å². The Morgan fingerprint density at radius 2 is 2.00 bits per heavy atom. The molecule has 0 saturated carbocycles. The predicted molar refractivity (Wildman–Crippen MR) is 89.4 cm³/mol. The van der Waals surface area contributed by atoms with Crippen LogP contribution in [0.4, 0.5) is 0 Å². The Morgan fingerprint density at radius 3 is 2.67 bits per heavy atom. The van der Waals surface area contributed by atoms with Gasteiger partial charge < -0.3 is 15.3 Å². The predicted octanol–water partition coefficient (Wildman–Crippen LogP) is 1.59. The van der Waals surface area contributed by atoms with Crippen molar-refractivity contribution in [2.24, 2.45) is 0 Å². The van der Waals surface area contributed by atoms with E-state index in [0.717, 1.165) is 6.42 Å². The van der Waals surface area contributed by atoms with Crippen LogP contribution >= 0.6 is 0 Å². The SMILES string of the molecule is C[C@H](NC(=O)CCCc1ccccc1)C(=O)N1CCC[C@H]1C(=O)O. The molecule has 2 N–H and O–H groups in total. The summed E-state index contributed by atoms with van der Waals surface area (Å²) in [5.74, 6) is -1.49. The zero-order chi connectivity index (χ0) is 17.5. The van der Waals surface area contributed by atoms with Gasteiger partial charge in [-0.25, -0.2) is 4.79 Å². The first-order valence-electron chi connectivity index (χ1n) is 8.35. The monoisotopic (exact) mass is 332 g/mol. The highest BCUT2D eigenvalue weighted by atomic mass is 16.4. The number of nitrogens with zero attached hydrogens (tertiary/aromatic N) is 1. The second-order valence-electron chi connectivity index (χ2n) is 6.16. The van der Waals surface area contributed by atoms with Crippen molar-refractivity contribution in [1.29, 1.82) is 0 Å². The number of nitrogens with one attached hydrogen (secondary N) is 1. The number of carbonyl (C=O) groups excluding carboxylic acids is 2. The van der Waals surface area contributed by atoms with E-state index in [1.165, 1.54) is 10.5 Å². The lowest BCUT2D eigenvalue weighted by molar-refractivity contribution is -0.149. The molecule has 0 unspecified atom stereocenters. The summed E-state index contributed by atoms with van der Waals surface area (Å²) in [6, 6.07) is 8.44. The first kappa shape index (κ1) is 18.0. The topological polar surface area (TPSA) is 86.7 Å². The lowest BCUT2D eigenvalue weighted by atomic mass is 10.1. The van der Waals surface area contributed by atoms with E-state index >= 15 is 0 Å². The Hall–Kier alpha value is -2.37. The molecule has 1 heterocycles. The van der Waals surface area contributed by atoms with E-state index in [-0.39, 0.29) is 11.8 Å². The van der Waals surface area contributed by atoms with Crippen LogP contribution in [0.1, 0.15) is 38.2 Å². The zero-order valence-corrected chi connectivity index (χ0v) is 13.9. The van der Waals surface area contributed by atoms with Crippen molar-refractivity contribution < 1.29 is 19.5 Å². The van der Waals surface area contributed by atoms with Gasteiger partial charge in [-0.2, -0.15) is 0 Å². The van der Waals surface area contributed by atoms with E-state index in [1.54, 1.807) is 6.92 Å². The van der Waals surface area contributed by atoms with E-state index < -0.39 is 18.1 Å². The lowest BCUT2D eigenvalue weighted by Gasteiger charge is -2.25. The Bertz CT molecular complexity index is 588. The van der Waals surface area contributed by atoms with Crippen molar-refractivity contribution in [1.82, 2.24) is 10.2 Å². The summed E-state index contributed by atoms with van der Waals surface area (Å²) in [5, 5.41) is 11.8. The first-order valence-corrected chi connectivity index (χ1v) is 8.35. The summed E-state index contributed by atoms with van der Waals surface area (Å²) in [5.41, 5.74) is 1.18. The maximum atomic E-state index is 12.3. The summed E-state index contributed by atoms with van der Waals surface area (Å²) in [4.78, 5) is 36.8. The number of benzene rings is 1. The van der Waals surface area contributed by atoms with E-state index in [1.807, 2.05) is 30.3 Å². The quantitative estimate of drug-likeness (QED) is 0.794. The third-order valence-corrected chi connectivity index (χ3v) is 4.28. The Labute approximate surface area is 141 Å². The maximum Gasteiger partial charge on any atom is 0.326 e. The van der Waals surface area contributed by atoms with Crippen LogP contribution in [0.15, 0.2) is 30.3 Å². The van der Waals surface area contributed by atoms with Crippen LogP contribution in [0.25, 0.3) is 0 Å². The minimum Gasteiger partial charge on any atom is -0.480 e. The standard InChI is InChI=1S/C18H24N2O4/c1-13(17(22)20-12-6-10-15(20)18(23)24)19-16(21)11-5-9-14-7-3-2-4-8-14/h2-4,7-8,13,15H,5-6,9-12H2,1H3,(H,19,21)(H,23,24)/t13-,15-/m0/s1. The number of aliphatic carboxylic acids is 1. The fourth-order valence-electron chi connectivity index (χ4n) is 3.01. The van der Waals surface area contributed by atoms with Gasteiger partial charge in [-0.3, -0.25) is 9.59 Å². The highest BCUT2D eigenvalue weighted by Gasteiger charge is 2.36. The number of carboxylic acid groups (broad SMARTS) is 1. The summed E-state index contributed by atoms with van der Waals surface area (Å²) >= 11 is 0. The van der Waals surface area contributed by atoms with Gasteiger partial charge in [0.15, 0.2) is 0 Å². The molecule has 130 valence electrons. The molecule has 0 aromatic heterocycles. The first-order chi connectivity index (χ1) is 11.5. The Kier molecular flexibility index (Phi) is 6.35. The second kappa shape index (κ2) is 8.47. The van der Waals surface area contributed by atoms with Crippen molar-refractivity contribution >= 4 is 17.8 Å². The highest BCUT2D eigenvalue weighted by molar-refractivity contribution is 5.90. The van der Waals surface area contributed by atoms with Crippen molar-refractivity contribution in [3.8, 4) is 0 Å². The zero-order valence-electron chi connectivity index (χ0n) is 13.9. The second-order valence-corrected chi connectivity index (χ2v) is 6.16. The molecule has 2 rings (SSSR count). The fraction of sp³-hybridized carbons (Fsp3) is 0.500. The van der Waals surface area contributed by atoms with Gasteiger partial charge in [0.1, 0.15) is 12.1 Å². The van der Waals surface area contributed by atoms with Crippen LogP contribution in [0.5, 0.6) is 0 Å². The van der Waals surface area contributed by atoms with Gasteiger partial charge >= 0.3 is 5.97 Å². The average Bonchev–Trinajstić information content (AvgIpc) is 3.05. The van der Waals surface area contributed by atoms with Crippen molar-refractivity contribution in [3.05, 3.63) is 35.9 Å². The van der Waals surface area contributed by atoms with Gasteiger partial charge in [-0.15, -0.1) is 0 Å². The van der Waals surface area contributed by atoms with Gasteiger partial charge in [-0.1, -0.05) is 30.3 Å². The van der Waals surface area contributed by atoms with Gasteiger partial charge in [0, 0.05) is 13.0 Å². The smallest absolute Gasteiger partial charge is 0.326 e. The Morgan fingerprint density at radius 1 is 1.29 bits per heavy atom. The molecule has 6 heteroatoms. The van der Waals surface area contributed by atoms with E-state index in [9.17, 15) is 14.4 Å². The average molecular weight is 332 g/mol. The maximum absolute atomic E-state index is 12.3. The van der Waals surface area contributed by atoms with Crippen LogP contribution in [0.3, 0.4) is 0 Å². The molecule has 2 amide bonds. The minimum atomic E-state index is -0.984. The molecule has 1 saturated heterocycles. The molecule has 0 bridgehead atoms. The van der Waals surface area contributed by atoms with Gasteiger partial charge in [0.25, 0.3) is 0 Å². The van der Waals surface area contributed by atoms with E-state index in [4.69, 9.17) is 5.11 Å². The number of carboxylic acids is 1. The fourth-order valence-corrected chi connectivity index (χ4v) is 3.01. The number of amides is 2. The third-order valence-electron chi connectivity index (χ3n) is 4.28. The van der Waals surface area contributed by atoms with Gasteiger partial charge in [0.05, 0.1) is 0 Å². The molecule has 0 spiro atoms. The van der Waals surface area contributed by atoms with Crippen LogP contribution in [-0.4, -0.2) is 46.4 Å². The summed E-state index contributed by atoms with van der Waals surface area (Å²) in [6.07, 6.45) is 3.01. The lowest BCUT2D eigenvalue weighted by Crippen LogP contribution is -2.50. The molecule has 6 nitrogen and oxygen atoms in total. The van der Waals surface area contributed by atoms with Crippen LogP contribution in [-0.2, 0) is 20.8 Å². The molecule has 0 radical (unpaired) electrons. The Balaban J connectivity index is 1.76. The molecular weight excluding hydrogens is 308 g/mol. The number of hydrogen-bond acceptors (Lipinski definition) is 3. The third kappa shape index (κ3) is 4.81. The summed E-state index contributed by atoms with van der Waals surface area (Å²) in [7, 11) is 0. The van der Waals surface area contributed by atoms with Crippen LogP contribution in [0, 0.1) is 0 Å². The van der Waals surface area contributed by atoms with Crippen LogP contribution in [0.2, 0.25) is 0 Å². The molecule has 1 aliphatic heterocycles. The van der Waals surface area contributed by atoms with E-state index in [0.29, 0.717) is 32.2 Å². The normalized spacial score (nSPS) is 18.2. The molecule has 24 heavy (non-hydrogen) atoms. The van der Waals surface area contributed by atoms with E-state index in [2.05, 4.69) is 5.32 Å². The van der Waals surface area contributed by atoms with Crippen molar-refractivity contribution in [3.63, 3.8) is 0 Å². The number of hydrogen-bond donors (Lipinski definition) is 2. The largest absolute Gasteiger partial charge is 0.480 e. The number of likely N-dealkylation sites (tertiary alicyclic amines) is 1. The van der Waals surface area contributed by atoms with Gasteiger partial charge in [-0.05, 0) is 38.2 Å².